The van der Waals surface area contributed by atoms with Gasteiger partial charge in [-0.25, -0.2) is 0 Å². The summed E-state index contributed by atoms with van der Waals surface area (Å²) >= 11 is 0. The van der Waals surface area contributed by atoms with Crippen LogP contribution in [0.3, 0.4) is 0 Å². The van der Waals surface area contributed by atoms with E-state index in [0.717, 1.165) is 51.4 Å². The number of piperidine rings is 1. The van der Waals surface area contributed by atoms with Crippen LogP contribution in [0.2, 0.25) is 0 Å². The molecule has 1 aliphatic rings. The van der Waals surface area contributed by atoms with Crippen LogP contribution >= 0.6 is 0 Å². The molecule has 2 aromatic carbocycles. The Hall–Kier alpha value is -2.17. The summed E-state index contributed by atoms with van der Waals surface area (Å²) in [6, 6.07) is 19.0. The molecular weight excluding hydrogens is 372 g/mol. The number of amides is 1. The second-order valence-corrected chi connectivity index (χ2v) is 8.69. The summed E-state index contributed by atoms with van der Waals surface area (Å²) < 4.78 is 6.06. The zero-order chi connectivity index (χ0) is 21.2. The molecule has 0 spiro atoms. The number of carbonyl (C=O) groups is 1. The van der Waals surface area contributed by atoms with Crippen molar-refractivity contribution in [1.29, 1.82) is 0 Å². The van der Waals surface area contributed by atoms with E-state index in [1.54, 1.807) is 0 Å². The highest BCUT2D eigenvalue weighted by Gasteiger charge is 2.34. The van der Waals surface area contributed by atoms with Gasteiger partial charge in [0.25, 0.3) is 0 Å². The summed E-state index contributed by atoms with van der Waals surface area (Å²) in [4.78, 5) is 13.7. The number of likely N-dealkylation sites (tertiary alicyclic amines) is 1. The Balaban J connectivity index is 1.54. The molecule has 0 bridgehead atoms. The van der Waals surface area contributed by atoms with Crippen molar-refractivity contribution in [2.45, 2.75) is 52.5 Å². The molecule has 1 amide bonds. The fraction of sp³-hybridized carbons (Fsp3) is 0.500. The van der Waals surface area contributed by atoms with Gasteiger partial charge in [-0.3, -0.25) is 9.69 Å². The molecule has 1 heterocycles. The highest BCUT2D eigenvalue weighted by atomic mass is 16.5. The summed E-state index contributed by atoms with van der Waals surface area (Å²) in [7, 11) is 0. The largest absolute Gasteiger partial charge is 0.381 e. The predicted octanol–water partition coefficient (Wildman–Crippen LogP) is 5.29. The van der Waals surface area contributed by atoms with E-state index in [1.807, 2.05) is 12.1 Å². The van der Waals surface area contributed by atoms with Crippen LogP contribution in [0, 0.1) is 5.41 Å². The van der Waals surface area contributed by atoms with Gasteiger partial charge in [-0.2, -0.15) is 0 Å². The van der Waals surface area contributed by atoms with Gasteiger partial charge in [0.15, 0.2) is 0 Å². The van der Waals surface area contributed by atoms with Crippen LogP contribution in [0.5, 0.6) is 0 Å². The number of anilines is 1. The van der Waals surface area contributed by atoms with Gasteiger partial charge in [-0.1, -0.05) is 49.4 Å². The SMILES string of the molecule is CCCOCC1(CCc2ccccc2)CCN(Cc2ccc(NC(C)=O)cc2)CC1. The van der Waals surface area contributed by atoms with Crippen LogP contribution in [-0.4, -0.2) is 37.1 Å². The number of carbonyl (C=O) groups excluding carboxylic acids is 1. The lowest BCUT2D eigenvalue weighted by Gasteiger charge is -2.42. The first kappa shape index (κ1) is 22.5. The minimum absolute atomic E-state index is 0.0316. The number of benzene rings is 2. The van der Waals surface area contributed by atoms with Crippen molar-refractivity contribution in [3.8, 4) is 0 Å². The number of ether oxygens (including phenoxy) is 1. The van der Waals surface area contributed by atoms with Crippen molar-refractivity contribution in [3.05, 3.63) is 65.7 Å². The minimum atomic E-state index is -0.0316. The molecule has 2 aromatic rings. The summed E-state index contributed by atoms with van der Waals surface area (Å²) in [5, 5.41) is 2.83. The zero-order valence-corrected chi connectivity index (χ0v) is 18.5. The maximum atomic E-state index is 11.2. The van der Waals surface area contributed by atoms with E-state index in [2.05, 4.69) is 59.6 Å². The van der Waals surface area contributed by atoms with Crippen LogP contribution in [0.1, 0.15) is 50.7 Å². The maximum absolute atomic E-state index is 11.2. The molecule has 0 radical (unpaired) electrons. The smallest absolute Gasteiger partial charge is 0.221 e. The minimum Gasteiger partial charge on any atom is -0.381 e. The van der Waals surface area contributed by atoms with Gasteiger partial charge in [-0.15, -0.1) is 0 Å². The molecule has 0 aliphatic carbocycles. The van der Waals surface area contributed by atoms with Crippen molar-refractivity contribution in [3.63, 3.8) is 0 Å². The highest BCUT2D eigenvalue weighted by molar-refractivity contribution is 5.88. The number of rotatable bonds is 10. The number of hydrogen-bond donors (Lipinski definition) is 1. The standard InChI is InChI=1S/C26H36N2O2/c1-3-19-30-21-26(14-13-23-7-5-4-6-8-23)15-17-28(18-16-26)20-24-9-11-25(12-10-24)27-22(2)29/h4-12H,3,13-21H2,1-2H3,(H,27,29). The van der Waals surface area contributed by atoms with Crippen LogP contribution in [0.25, 0.3) is 0 Å². The molecule has 4 nitrogen and oxygen atoms in total. The van der Waals surface area contributed by atoms with Crippen LogP contribution in [-0.2, 0) is 22.5 Å². The third-order valence-electron chi connectivity index (χ3n) is 6.14. The van der Waals surface area contributed by atoms with E-state index in [0.29, 0.717) is 0 Å². The summed E-state index contributed by atoms with van der Waals surface area (Å²) in [5.41, 5.74) is 3.87. The average molecular weight is 409 g/mol. The van der Waals surface area contributed by atoms with Crippen LogP contribution in [0.15, 0.2) is 54.6 Å². The Morgan fingerprint density at radius 1 is 1.03 bits per heavy atom. The number of hydrogen-bond acceptors (Lipinski definition) is 3. The summed E-state index contributed by atoms with van der Waals surface area (Å²) in [6.45, 7) is 8.64. The number of nitrogens with zero attached hydrogens (tertiary/aromatic N) is 1. The predicted molar refractivity (Wildman–Crippen MR) is 124 cm³/mol. The molecule has 1 saturated heterocycles. The zero-order valence-electron chi connectivity index (χ0n) is 18.5. The monoisotopic (exact) mass is 408 g/mol. The van der Waals surface area contributed by atoms with Crippen LogP contribution in [0.4, 0.5) is 5.69 Å². The topological polar surface area (TPSA) is 41.6 Å². The first-order chi connectivity index (χ1) is 14.6. The first-order valence-electron chi connectivity index (χ1n) is 11.3. The summed E-state index contributed by atoms with van der Waals surface area (Å²) in [6.07, 6.45) is 5.78. The Morgan fingerprint density at radius 3 is 2.37 bits per heavy atom. The van der Waals surface area contributed by atoms with Crippen LogP contribution < -0.4 is 5.32 Å². The van der Waals surface area contributed by atoms with Crippen molar-refractivity contribution in [2.24, 2.45) is 5.41 Å². The van der Waals surface area contributed by atoms with Gasteiger partial charge in [0, 0.05) is 25.8 Å². The quantitative estimate of drug-likeness (QED) is 0.543. The molecule has 3 rings (SSSR count). The summed E-state index contributed by atoms with van der Waals surface area (Å²) in [5.74, 6) is -0.0316. The molecule has 1 fully saturated rings. The number of nitrogens with one attached hydrogen (secondary N) is 1. The third-order valence-corrected chi connectivity index (χ3v) is 6.14. The Labute approximate surface area is 181 Å². The van der Waals surface area contributed by atoms with Gasteiger partial charge in [-0.05, 0) is 73.9 Å². The lowest BCUT2D eigenvalue weighted by atomic mass is 9.74. The lowest BCUT2D eigenvalue weighted by molar-refractivity contribution is -0.114. The van der Waals surface area contributed by atoms with E-state index in [1.165, 1.54) is 37.3 Å². The molecule has 30 heavy (non-hydrogen) atoms. The average Bonchev–Trinajstić information content (AvgIpc) is 2.76. The molecule has 162 valence electrons. The third kappa shape index (κ3) is 6.96. The lowest BCUT2D eigenvalue weighted by Crippen LogP contribution is -2.42. The Bertz CT molecular complexity index is 765. The molecule has 0 aromatic heterocycles. The van der Waals surface area contributed by atoms with Gasteiger partial charge in [0.05, 0.1) is 6.61 Å². The fourth-order valence-corrected chi connectivity index (χ4v) is 4.29. The van der Waals surface area contributed by atoms with Crippen molar-refractivity contribution < 1.29 is 9.53 Å². The van der Waals surface area contributed by atoms with E-state index in [9.17, 15) is 4.79 Å². The van der Waals surface area contributed by atoms with Gasteiger partial charge in [0.1, 0.15) is 0 Å². The van der Waals surface area contributed by atoms with E-state index in [4.69, 9.17) is 4.74 Å². The molecule has 1 N–H and O–H groups in total. The molecule has 0 atom stereocenters. The molecular formula is C26H36N2O2. The number of aryl methyl sites for hydroxylation is 1. The van der Waals surface area contributed by atoms with Gasteiger partial charge in [0.2, 0.25) is 5.91 Å². The Morgan fingerprint density at radius 2 is 1.73 bits per heavy atom. The Kier molecular flexibility index (Phi) is 8.47. The maximum Gasteiger partial charge on any atom is 0.221 e. The second kappa shape index (κ2) is 11.3. The van der Waals surface area contributed by atoms with Crippen molar-refractivity contribution in [2.75, 3.05) is 31.6 Å². The van der Waals surface area contributed by atoms with E-state index >= 15 is 0 Å². The normalized spacial score (nSPS) is 16.3. The van der Waals surface area contributed by atoms with Crippen molar-refractivity contribution in [1.82, 2.24) is 4.90 Å². The van der Waals surface area contributed by atoms with Crippen molar-refractivity contribution >= 4 is 11.6 Å². The van der Waals surface area contributed by atoms with Gasteiger partial charge >= 0.3 is 0 Å². The van der Waals surface area contributed by atoms with Gasteiger partial charge < -0.3 is 10.1 Å². The molecule has 0 unspecified atom stereocenters. The second-order valence-electron chi connectivity index (χ2n) is 8.69. The molecule has 1 aliphatic heterocycles. The fourth-order valence-electron chi connectivity index (χ4n) is 4.29. The van der Waals surface area contributed by atoms with E-state index < -0.39 is 0 Å². The molecule has 0 saturated carbocycles. The molecule has 4 heteroatoms. The van der Waals surface area contributed by atoms with E-state index in [-0.39, 0.29) is 11.3 Å². The first-order valence-corrected chi connectivity index (χ1v) is 11.3. The highest BCUT2D eigenvalue weighted by Crippen LogP contribution is 2.37.